The first kappa shape index (κ1) is 21.2. The van der Waals surface area contributed by atoms with Gasteiger partial charge in [0.1, 0.15) is 5.75 Å². The van der Waals surface area contributed by atoms with E-state index in [1.807, 2.05) is 0 Å². The summed E-state index contributed by atoms with van der Waals surface area (Å²) in [6, 6.07) is 15.1. The van der Waals surface area contributed by atoms with E-state index in [1.165, 1.54) is 12.1 Å². The van der Waals surface area contributed by atoms with Crippen molar-refractivity contribution in [1.82, 2.24) is 0 Å². The highest BCUT2D eigenvalue weighted by Crippen LogP contribution is 2.38. The van der Waals surface area contributed by atoms with Gasteiger partial charge in [0.15, 0.2) is 5.75 Å². The van der Waals surface area contributed by atoms with Gasteiger partial charge < -0.3 is 4.74 Å². The fourth-order valence-corrected chi connectivity index (χ4v) is 3.75. The minimum Gasteiger partial charge on any atom is -0.455 e. The van der Waals surface area contributed by atoms with Crippen LogP contribution in [0.2, 0.25) is 0 Å². The molecule has 0 amide bonds. The van der Waals surface area contributed by atoms with Gasteiger partial charge in [-0.3, -0.25) is 4.72 Å². The molecule has 3 aromatic carbocycles. The molecule has 0 aliphatic rings. The lowest BCUT2D eigenvalue weighted by Gasteiger charge is -2.16. The molecule has 0 saturated carbocycles. The molecule has 0 spiro atoms. The van der Waals surface area contributed by atoms with Crippen LogP contribution in [0.5, 0.6) is 11.5 Å². The highest BCUT2D eigenvalue weighted by molar-refractivity contribution is 9.10. The quantitative estimate of drug-likeness (QED) is 0.456. The topological polar surface area (TPSA) is 55.4 Å². The Morgan fingerprint density at radius 2 is 1.55 bits per heavy atom. The molecular formula is C20H15BrF3NO3S. The molecule has 29 heavy (non-hydrogen) atoms. The molecule has 0 unspecified atom stereocenters. The van der Waals surface area contributed by atoms with Crippen molar-refractivity contribution in [2.24, 2.45) is 0 Å². The summed E-state index contributed by atoms with van der Waals surface area (Å²) in [4.78, 5) is -0.0740. The van der Waals surface area contributed by atoms with Gasteiger partial charge in [-0.1, -0.05) is 33.6 Å². The van der Waals surface area contributed by atoms with Gasteiger partial charge in [0, 0.05) is 4.47 Å². The smallest absolute Gasteiger partial charge is 0.416 e. The molecule has 0 fully saturated rings. The number of alkyl halides is 3. The molecule has 0 radical (unpaired) electrons. The Hall–Kier alpha value is -2.52. The van der Waals surface area contributed by atoms with E-state index in [1.54, 1.807) is 43.3 Å². The molecule has 3 rings (SSSR count). The maximum absolute atomic E-state index is 13.1. The van der Waals surface area contributed by atoms with E-state index in [-0.39, 0.29) is 16.3 Å². The van der Waals surface area contributed by atoms with Gasteiger partial charge in [0.25, 0.3) is 10.0 Å². The molecule has 0 heterocycles. The maximum atomic E-state index is 13.1. The lowest BCUT2D eigenvalue weighted by Crippen LogP contribution is -2.15. The van der Waals surface area contributed by atoms with E-state index in [0.29, 0.717) is 11.8 Å². The number of ether oxygens (including phenoxy) is 1. The molecule has 0 aliphatic heterocycles. The summed E-state index contributed by atoms with van der Waals surface area (Å²) >= 11 is 3.28. The molecule has 0 aliphatic carbocycles. The van der Waals surface area contributed by atoms with Gasteiger partial charge in [-0.15, -0.1) is 0 Å². The normalized spacial score (nSPS) is 11.9. The van der Waals surface area contributed by atoms with E-state index in [0.717, 1.165) is 22.2 Å². The number of halogens is 4. The molecule has 3 aromatic rings. The zero-order valence-corrected chi connectivity index (χ0v) is 17.4. The maximum Gasteiger partial charge on any atom is 0.416 e. The number of anilines is 1. The summed E-state index contributed by atoms with van der Waals surface area (Å²) in [7, 11) is -4.12. The third kappa shape index (κ3) is 5.30. The summed E-state index contributed by atoms with van der Waals surface area (Å²) in [5.74, 6) is 0.278. The molecule has 0 saturated heterocycles. The van der Waals surface area contributed by atoms with Crippen LogP contribution in [0.15, 0.2) is 76.1 Å². The number of hydrogen-bond donors (Lipinski definition) is 1. The van der Waals surface area contributed by atoms with Crippen molar-refractivity contribution in [2.75, 3.05) is 4.72 Å². The predicted molar refractivity (Wildman–Crippen MR) is 108 cm³/mol. The Morgan fingerprint density at radius 1 is 0.931 bits per heavy atom. The number of aryl methyl sites for hydroxylation is 1. The molecule has 152 valence electrons. The fourth-order valence-electron chi connectivity index (χ4n) is 2.43. The Morgan fingerprint density at radius 3 is 2.14 bits per heavy atom. The first-order valence-electron chi connectivity index (χ1n) is 8.29. The molecule has 0 aromatic heterocycles. The highest BCUT2D eigenvalue weighted by atomic mass is 79.9. The predicted octanol–water partition coefficient (Wildman–Crippen LogP) is 6.37. The van der Waals surface area contributed by atoms with Crippen LogP contribution in [-0.4, -0.2) is 8.42 Å². The second-order valence-electron chi connectivity index (χ2n) is 6.18. The van der Waals surface area contributed by atoms with E-state index in [4.69, 9.17) is 4.74 Å². The monoisotopic (exact) mass is 485 g/mol. The van der Waals surface area contributed by atoms with Crippen molar-refractivity contribution in [3.8, 4) is 11.5 Å². The number of rotatable bonds is 5. The van der Waals surface area contributed by atoms with E-state index >= 15 is 0 Å². The highest BCUT2D eigenvalue weighted by Gasteiger charge is 2.32. The lowest BCUT2D eigenvalue weighted by molar-refractivity contribution is -0.137. The molecule has 4 nitrogen and oxygen atoms in total. The molecule has 9 heteroatoms. The second-order valence-corrected chi connectivity index (χ2v) is 8.78. The Kier molecular flexibility index (Phi) is 5.90. The summed E-state index contributed by atoms with van der Waals surface area (Å²) in [5, 5.41) is 0. The SMILES string of the molecule is Cc1ccc(S(=O)(=O)Nc2cc(C(F)(F)F)ccc2Oc2ccc(Br)cc2)cc1. The van der Waals surface area contributed by atoms with Crippen molar-refractivity contribution >= 4 is 31.6 Å². The summed E-state index contributed by atoms with van der Waals surface area (Å²) < 4.78 is 73.4. The summed E-state index contributed by atoms with van der Waals surface area (Å²) in [6.07, 6.45) is -4.64. The van der Waals surface area contributed by atoms with Gasteiger partial charge in [-0.05, 0) is 61.5 Å². The second kappa shape index (κ2) is 8.08. The van der Waals surface area contributed by atoms with Gasteiger partial charge in [0.2, 0.25) is 0 Å². The summed E-state index contributed by atoms with van der Waals surface area (Å²) in [6.45, 7) is 1.79. The standard InChI is InChI=1S/C20H15BrF3NO3S/c1-13-2-9-17(10-3-13)29(26,27)25-18-12-14(20(22,23)24)4-11-19(18)28-16-7-5-15(21)6-8-16/h2-12,25H,1H3. The van der Waals surface area contributed by atoms with Gasteiger partial charge in [-0.2, -0.15) is 13.2 Å². The van der Waals surface area contributed by atoms with Crippen molar-refractivity contribution in [3.63, 3.8) is 0 Å². The zero-order valence-electron chi connectivity index (χ0n) is 15.0. The van der Waals surface area contributed by atoms with Gasteiger partial charge >= 0.3 is 6.18 Å². The van der Waals surface area contributed by atoms with Crippen LogP contribution in [0.1, 0.15) is 11.1 Å². The molecule has 1 N–H and O–H groups in total. The molecule has 0 atom stereocenters. The van der Waals surface area contributed by atoms with Crippen molar-refractivity contribution in [3.05, 3.63) is 82.3 Å². The number of benzene rings is 3. The van der Waals surface area contributed by atoms with E-state index in [9.17, 15) is 21.6 Å². The largest absolute Gasteiger partial charge is 0.455 e. The first-order valence-corrected chi connectivity index (χ1v) is 10.6. The lowest BCUT2D eigenvalue weighted by atomic mass is 10.2. The molecular weight excluding hydrogens is 471 g/mol. The minimum absolute atomic E-state index is 0.0593. The zero-order chi connectivity index (χ0) is 21.2. The van der Waals surface area contributed by atoms with Crippen LogP contribution in [0.4, 0.5) is 18.9 Å². The Labute approximate surface area is 174 Å². The first-order chi connectivity index (χ1) is 13.5. The van der Waals surface area contributed by atoms with Crippen LogP contribution >= 0.6 is 15.9 Å². The van der Waals surface area contributed by atoms with Gasteiger partial charge in [0.05, 0.1) is 16.1 Å². The average Bonchev–Trinajstić information content (AvgIpc) is 2.64. The third-order valence-corrected chi connectivity index (χ3v) is 5.83. The van der Waals surface area contributed by atoms with Crippen LogP contribution < -0.4 is 9.46 Å². The third-order valence-electron chi connectivity index (χ3n) is 3.92. The van der Waals surface area contributed by atoms with Crippen molar-refractivity contribution in [1.29, 1.82) is 0 Å². The average molecular weight is 486 g/mol. The van der Waals surface area contributed by atoms with E-state index < -0.39 is 21.8 Å². The van der Waals surface area contributed by atoms with Gasteiger partial charge in [-0.25, -0.2) is 8.42 Å². The van der Waals surface area contributed by atoms with Crippen LogP contribution in [0, 0.1) is 6.92 Å². The van der Waals surface area contributed by atoms with Crippen LogP contribution in [0.25, 0.3) is 0 Å². The Bertz CT molecular complexity index is 1110. The Balaban J connectivity index is 2.01. The number of sulfonamides is 1. The van der Waals surface area contributed by atoms with Crippen LogP contribution in [-0.2, 0) is 16.2 Å². The molecule has 0 bridgehead atoms. The summed E-state index contributed by atoms with van der Waals surface area (Å²) in [5.41, 5.74) is -0.465. The minimum atomic E-state index is -4.64. The van der Waals surface area contributed by atoms with E-state index in [2.05, 4.69) is 20.7 Å². The fraction of sp³-hybridized carbons (Fsp3) is 0.100. The van der Waals surface area contributed by atoms with Crippen molar-refractivity contribution < 1.29 is 26.3 Å². The van der Waals surface area contributed by atoms with Crippen LogP contribution in [0.3, 0.4) is 0 Å². The number of hydrogen-bond acceptors (Lipinski definition) is 3. The van der Waals surface area contributed by atoms with Crippen molar-refractivity contribution in [2.45, 2.75) is 18.0 Å². The number of nitrogens with one attached hydrogen (secondary N) is 1.